The van der Waals surface area contributed by atoms with E-state index >= 15 is 0 Å². The van der Waals surface area contributed by atoms with Crippen LogP contribution >= 0.6 is 17.0 Å². The van der Waals surface area contributed by atoms with Crippen LogP contribution in [-0.4, -0.2) is 9.52 Å². The number of hydrogen-bond acceptors (Lipinski definition) is 0. The van der Waals surface area contributed by atoms with Crippen LogP contribution in [0, 0.1) is 27.7 Å². The standard InChI is InChI=1S/C19H19.C18H17.C2H6Si.2ClH.Zr/c1-13(2)17-11-16-5-4-6-18(19(16)12-17)15-9-7-14(3)8-10-15;1-12-4-7-15(8-5-12)16-9-6-14(3)17-10-13(2)11-18(16)17;1-3-2;;;/h4-13H,1-3H3;4-11H,1-3H3;1-2H3;2*1H;/q2*-1;;;;+4/p-2. The first-order valence-corrected chi connectivity index (χ1v) is 23.0. The van der Waals surface area contributed by atoms with Crippen molar-refractivity contribution < 1.29 is 20.8 Å². The van der Waals surface area contributed by atoms with Gasteiger partial charge in [0.25, 0.3) is 0 Å². The van der Waals surface area contributed by atoms with E-state index in [4.69, 9.17) is 17.0 Å². The molecule has 6 rings (SSSR count). The van der Waals surface area contributed by atoms with Crippen LogP contribution in [0.25, 0.3) is 43.8 Å². The molecule has 6 aromatic rings. The zero-order valence-corrected chi connectivity index (χ0v) is 31.6. The molecule has 0 saturated carbocycles. The molecule has 0 atom stereocenters. The van der Waals surface area contributed by atoms with Crippen molar-refractivity contribution in [2.75, 3.05) is 0 Å². The molecule has 0 amide bonds. The van der Waals surface area contributed by atoms with Crippen LogP contribution in [0.5, 0.6) is 0 Å². The molecule has 0 heterocycles. The van der Waals surface area contributed by atoms with Crippen molar-refractivity contribution in [1.82, 2.24) is 0 Å². The van der Waals surface area contributed by atoms with Gasteiger partial charge in [0.15, 0.2) is 0 Å². The molecule has 6 aromatic carbocycles. The van der Waals surface area contributed by atoms with Crippen molar-refractivity contribution in [1.29, 1.82) is 0 Å². The van der Waals surface area contributed by atoms with Gasteiger partial charge in [0.05, 0.1) is 0 Å². The predicted octanol–water partition coefficient (Wildman–Crippen LogP) is 13.0. The Labute approximate surface area is 280 Å². The summed E-state index contributed by atoms with van der Waals surface area (Å²) < 4.78 is 0. The van der Waals surface area contributed by atoms with Gasteiger partial charge in [0.1, 0.15) is 0 Å². The second-order valence-electron chi connectivity index (χ2n) is 11.3. The average molecular weight is 701 g/mol. The maximum atomic E-state index is 4.93. The Hall–Kier alpha value is -2.22. The summed E-state index contributed by atoms with van der Waals surface area (Å²) in [6, 6.07) is 37.8. The van der Waals surface area contributed by atoms with Crippen LogP contribution in [0.3, 0.4) is 0 Å². The van der Waals surface area contributed by atoms with Gasteiger partial charge in [0, 0.05) is 9.52 Å². The summed E-state index contributed by atoms with van der Waals surface area (Å²) in [7, 11) is 11.0. The Morgan fingerprint density at radius 3 is 1.67 bits per heavy atom. The molecule has 2 radical (unpaired) electrons. The minimum atomic E-state index is -0.826. The summed E-state index contributed by atoms with van der Waals surface area (Å²) >= 11 is -0.826. The summed E-state index contributed by atoms with van der Waals surface area (Å²) in [6.45, 7) is 17.4. The Morgan fingerprint density at radius 1 is 0.651 bits per heavy atom. The molecule has 0 N–H and O–H groups in total. The van der Waals surface area contributed by atoms with Gasteiger partial charge in [-0.05, 0) is 30.9 Å². The van der Waals surface area contributed by atoms with E-state index in [9.17, 15) is 0 Å². The van der Waals surface area contributed by atoms with Crippen molar-refractivity contribution in [2.24, 2.45) is 0 Å². The van der Waals surface area contributed by atoms with E-state index in [2.05, 4.69) is 158 Å². The molecule has 4 heteroatoms. The fourth-order valence-corrected chi connectivity index (χ4v) is 5.15. The van der Waals surface area contributed by atoms with Gasteiger partial charge in [-0.15, -0.1) is 68.6 Å². The SMILES string of the molecule is C[Si]C.Cc1ccc(-c2ccc(C)c3[cH-]c(C)cc23)cc1.Cc1ccc(-c2cccc3[cH-]c(C(C)C)cc23)cc1.[Cl][Zr+2][Cl]. The van der Waals surface area contributed by atoms with Gasteiger partial charge in [-0.25, -0.2) is 0 Å². The van der Waals surface area contributed by atoms with Gasteiger partial charge in [-0.1, -0.05) is 124 Å². The molecule has 0 fully saturated rings. The van der Waals surface area contributed by atoms with Crippen LogP contribution in [0.15, 0.2) is 103 Å². The molecule has 220 valence electrons. The van der Waals surface area contributed by atoms with E-state index in [-0.39, 0.29) is 0 Å². The summed E-state index contributed by atoms with van der Waals surface area (Å²) in [5.41, 5.74) is 12.0. The van der Waals surface area contributed by atoms with Gasteiger partial charge in [-0.3, -0.25) is 0 Å². The molecule has 0 aliphatic carbocycles. The fourth-order valence-electron chi connectivity index (χ4n) is 5.15. The number of benzene rings is 4. The zero-order chi connectivity index (χ0) is 31.5. The van der Waals surface area contributed by atoms with Gasteiger partial charge in [0.2, 0.25) is 0 Å². The monoisotopic (exact) mass is 698 g/mol. The second-order valence-corrected chi connectivity index (χ2v) is 16.1. The van der Waals surface area contributed by atoms with Gasteiger partial charge in [-0.2, -0.15) is 12.1 Å². The van der Waals surface area contributed by atoms with Crippen LogP contribution in [0.2, 0.25) is 13.1 Å². The molecule has 0 spiro atoms. The quantitative estimate of drug-likeness (QED) is 0.127. The molecule has 0 aliphatic rings. The van der Waals surface area contributed by atoms with Crippen LogP contribution < -0.4 is 0 Å². The number of aryl methyl sites for hydroxylation is 4. The van der Waals surface area contributed by atoms with E-state index in [0.29, 0.717) is 5.92 Å². The first-order valence-electron chi connectivity index (χ1n) is 14.7. The number of halogens is 2. The maximum absolute atomic E-state index is 4.93. The minimum absolute atomic E-state index is 0.582. The van der Waals surface area contributed by atoms with Crippen LogP contribution in [0.4, 0.5) is 0 Å². The Balaban J connectivity index is 0.000000200. The molecule has 0 nitrogen and oxygen atoms in total. The summed E-state index contributed by atoms with van der Waals surface area (Å²) in [4.78, 5) is 0. The summed E-state index contributed by atoms with van der Waals surface area (Å²) in [5.74, 6) is 0.582. The zero-order valence-electron chi connectivity index (χ0n) is 26.6. The van der Waals surface area contributed by atoms with Crippen molar-refractivity contribution >= 4 is 48.1 Å². The second kappa shape index (κ2) is 17.3. The number of rotatable bonds is 3. The van der Waals surface area contributed by atoms with E-state index in [1.54, 1.807) is 0 Å². The first-order chi connectivity index (χ1) is 20.6. The van der Waals surface area contributed by atoms with Crippen molar-refractivity contribution in [3.63, 3.8) is 0 Å². The Morgan fingerprint density at radius 2 is 1.16 bits per heavy atom. The topological polar surface area (TPSA) is 0 Å². The molecule has 0 bridgehead atoms. The first kappa shape index (κ1) is 35.3. The molecule has 0 unspecified atom stereocenters. The van der Waals surface area contributed by atoms with Crippen molar-refractivity contribution in [3.8, 4) is 22.3 Å². The third kappa shape index (κ3) is 9.63. The predicted molar refractivity (Wildman–Crippen MR) is 192 cm³/mol. The molecule has 0 aliphatic heterocycles. The normalized spacial score (nSPS) is 10.3. The number of fused-ring (bicyclic) bond motifs is 2. The van der Waals surface area contributed by atoms with Crippen LogP contribution in [-0.2, 0) is 20.8 Å². The van der Waals surface area contributed by atoms with E-state index in [1.807, 2.05) is 0 Å². The molecule has 43 heavy (non-hydrogen) atoms. The van der Waals surface area contributed by atoms with E-state index in [1.165, 1.54) is 71.6 Å². The van der Waals surface area contributed by atoms with Gasteiger partial charge < -0.3 is 0 Å². The molecular formula is C39H42Cl2SiZr. The van der Waals surface area contributed by atoms with Crippen LogP contribution in [0.1, 0.15) is 47.6 Å². The third-order valence-corrected chi connectivity index (χ3v) is 7.41. The summed E-state index contributed by atoms with van der Waals surface area (Å²) in [5, 5.41) is 5.47. The average Bonchev–Trinajstić information content (AvgIpc) is 3.60. The Bertz CT molecular complexity index is 1710. The van der Waals surface area contributed by atoms with Gasteiger partial charge >= 0.3 is 37.9 Å². The molecular weight excluding hydrogens is 659 g/mol. The van der Waals surface area contributed by atoms with Crippen molar-refractivity contribution in [3.05, 3.63) is 131 Å². The number of hydrogen-bond donors (Lipinski definition) is 0. The van der Waals surface area contributed by atoms with Crippen molar-refractivity contribution in [2.45, 2.75) is 60.6 Å². The van der Waals surface area contributed by atoms with E-state index in [0.717, 1.165) is 9.52 Å². The molecule has 0 aromatic heterocycles. The molecule has 0 saturated heterocycles. The fraction of sp³-hybridized carbons (Fsp3) is 0.231. The van der Waals surface area contributed by atoms with E-state index < -0.39 is 20.8 Å². The third-order valence-electron chi connectivity index (χ3n) is 7.41. The Kier molecular flexibility index (Phi) is 14.2. The summed E-state index contributed by atoms with van der Waals surface area (Å²) in [6.07, 6.45) is 0.